The molecule has 0 saturated heterocycles. The average Bonchev–Trinajstić information content (AvgIpc) is 3.29. The van der Waals surface area contributed by atoms with Crippen LogP contribution in [0.2, 0.25) is 0 Å². The molecule has 1 heterocycles. The molecule has 5 aromatic rings. The maximum atomic E-state index is 10.4. The van der Waals surface area contributed by atoms with Crippen LogP contribution >= 0.6 is 11.3 Å². The fraction of sp³-hybridized carbons (Fsp3) is 0.214. The van der Waals surface area contributed by atoms with Crippen LogP contribution in [-0.4, -0.2) is 23.8 Å². The van der Waals surface area contributed by atoms with Crippen molar-refractivity contribution in [2.45, 2.75) is 38.9 Å². The number of hydrogen-bond acceptors (Lipinski definition) is 3. The van der Waals surface area contributed by atoms with E-state index in [4.69, 9.17) is 4.65 Å². The lowest BCUT2D eigenvalue weighted by molar-refractivity contribution is -0.0893. The monoisotopic (exact) mass is 435 g/mol. The molecular weight excluding hydrogens is 411 g/mol. The van der Waals surface area contributed by atoms with E-state index in [1.54, 1.807) is 21.3 Å². The quantitative estimate of drug-likeness (QED) is 0.314. The SMILES string of the molecule is CC(C)(O)C(C)(C)O[B]c1ccc2c(c1)sc1c3cccc4c3c(cc21)-c1ccccc1-4. The van der Waals surface area contributed by atoms with Gasteiger partial charge in [-0.25, -0.2) is 0 Å². The molecular formula is C28H24BO2S. The highest BCUT2D eigenvalue weighted by atomic mass is 32.1. The summed E-state index contributed by atoms with van der Waals surface area (Å²) in [4.78, 5) is 0. The molecule has 32 heavy (non-hydrogen) atoms. The van der Waals surface area contributed by atoms with E-state index in [1.165, 1.54) is 53.2 Å². The minimum absolute atomic E-state index is 0.686. The predicted octanol–water partition coefficient (Wildman–Crippen LogP) is 6.67. The van der Waals surface area contributed by atoms with Gasteiger partial charge >= 0.3 is 7.48 Å². The Balaban J connectivity index is 1.50. The summed E-state index contributed by atoms with van der Waals surface area (Å²) >= 11 is 1.84. The number of thiophene rings is 1. The molecule has 1 aromatic heterocycles. The summed E-state index contributed by atoms with van der Waals surface area (Å²) in [7, 11) is 1.77. The highest BCUT2D eigenvalue weighted by Gasteiger charge is 2.35. The summed E-state index contributed by atoms with van der Waals surface area (Å²) < 4.78 is 8.57. The Labute approximate surface area is 192 Å². The zero-order valence-electron chi connectivity index (χ0n) is 18.7. The van der Waals surface area contributed by atoms with Gasteiger partial charge < -0.3 is 9.76 Å². The molecule has 4 aromatic carbocycles. The molecule has 0 saturated carbocycles. The minimum Gasteiger partial charge on any atom is -0.427 e. The standard InChI is InChI=1S/C28H24BO2S/c1-27(2,30)28(3,4)31-29-16-12-13-19-23-15-22-18-9-6-5-8-17(18)20-10-7-11-21(25(20)22)26(23)32-24(19)14-16/h5-15,30H,1-4H3. The van der Waals surface area contributed by atoms with Gasteiger partial charge in [0.15, 0.2) is 0 Å². The van der Waals surface area contributed by atoms with Crippen molar-refractivity contribution in [1.82, 2.24) is 0 Å². The van der Waals surface area contributed by atoms with Crippen LogP contribution in [0.3, 0.4) is 0 Å². The second-order valence-corrected chi connectivity index (χ2v) is 10.8. The maximum Gasteiger partial charge on any atom is 0.330 e. The highest BCUT2D eigenvalue weighted by Crippen LogP contribution is 2.51. The lowest BCUT2D eigenvalue weighted by Gasteiger charge is -2.37. The average molecular weight is 435 g/mol. The summed E-state index contributed by atoms with van der Waals surface area (Å²) in [5, 5.41) is 15.7. The van der Waals surface area contributed by atoms with Crippen LogP contribution in [0.4, 0.5) is 0 Å². The Morgan fingerprint density at radius 2 is 1.47 bits per heavy atom. The van der Waals surface area contributed by atoms with Crippen LogP contribution in [0.1, 0.15) is 27.7 Å². The normalized spacial score (nSPS) is 13.3. The van der Waals surface area contributed by atoms with Gasteiger partial charge in [0.1, 0.15) is 0 Å². The van der Waals surface area contributed by atoms with Crippen LogP contribution < -0.4 is 5.46 Å². The van der Waals surface area contributed by atoms with Crippen LogP contribution in [0.15, 0.2) is 66.7 Å². The Morgan fingerprint density at radius 3 is 2.22 bits per heavy atom. The lowest BCUT2D eigenvalue weighted by Crippen LogP contribution is -2.49. The molecule has 0 bridgehead atoms. The lowest BCUT2D eigenvalue weighted by atomic mass is 9.82. The molecule has 157 valence electrons. The molecule has 4 heteroatoms. The zero-order chi connectivity index (χ0) is 22.3. The van der Waals surface area contributed by atoms with Crippen LogP contribution in [-0.2, 0) is 4.65 Å². The molecule has 1 aliphatic rings. The van der Waals surface area contributed by atoms with E-state index in [0.29, 0.717) is 0 Å². The molecule has 6 rings (SSSR count). The van der Waals surface area contributed by atoms with Gasteiger partial charge in [-0.05, 0) is 67.5 Å². The van der Waals surface area contributed by atoms with Crippen molar-refractivity contribution in [2.24, 2.45) is 0 Å². The minimum atomic E-state index is -0.942. The predicted molar refractivity (Wildman–Crippen MR) is 138 cm³/mol. The van der Waals surface area contributed by atoms with Crippen molar-refractivity contribution >= 4 is 55.2 Å². The molecule has 0 spiro atoms. The molecule has 1 N–H and O–H groups in total. The fourth-order valence-corrected chi connectivity index (χ4v) is 5.81. The van der Waals surface area contributed by atoms with Crippen molar-refractivity contribution in [3.05, 3.63) is 66.7 Å². The van der Waals surface area contributed by atoms with Crippen LogP contribution in [0.5, 0.6) is 0 Å². The summed E-state index contributed by atoms with van der Waals surface area (Å²) in [5.74, 6) is 0. The van der Waals surface area contributed by atoms with Gasteiger partial charge in [-0.2, -0.15) is 0 Å². The van der Waals surface area contributed by atoms with E-state index in [0.717, 1.165) is 5.46 Å². The van der Waals surface area contributed by atoms with Crippen molar-refractivity contribution in [2.75, 3.05) is 0 Å². The van der Waals surface area contributed by atoms with Crippen molar-refractivity contribution < 1.29 is 9.76 Å². The fourth-order valence-electron chi connectivity index (χ4n) is 4.55. The first-order valence-corrected chi connectivity index (χ1v) is 11.8. The van der Waals surface area contributed by atoms with Crippen LogP contribution in [0, 0.1) is 0 Å². The first kappa shape index (κ1) is 20.0. The van der Waals surface area contributed by atoms with Crippen molar-refractivity contribution in [1.29, 1.82) is 0 Å². The molecule has 0 atom stereocenters. The first-order valence-electron chi connectivity index (χ1n) is 11.0. The molecule has 1 aliphatic carbocycles. The van der Waals surface area contributed by atoms with Gasteiger partial charge in [-0.15, -0.1) is 11.3 Å². The summed E-state index contributed by atoms with van der Waals surface area (Å²) in [6, 6.07) is 24.3. The summed E-state index contributed by atoms with van der Waals surface area (Å²) in [6.45, 7) is 7.36. The van der Waals surface area contributed by atoms with E-state index in [9.17, 15) is 5.11 Å². The van der Waals surface area contributed by atoms with Gasteiger partial charge in [-0.3, -0.25) is 0 Å². The van der Waals surface area contributed by atoms with Crippen molar-refractivity contribution in [3.63, 3.8) is 0 Å². The molecule has 0 unspecified atom stereocenters. The van der Waals surface area contributed by atoms with E-state index in [2.05, 4.69) is 66.7 Å². The maximum absolute atomic E-state index is 10.4. The van der Waals surface area contributed by atoms with Gasteiger partial charge in [0.05, 0.1) is 11.2 Å². The van der Waals surface area contributed by atoms with E-state index in [1.807, 2.05) is 25.2 Å². The summed E-state index contributed by atoms with van der Waals surface area (Å²) in [5.41, 5.74) is 4.71. The second-order valence-electron chi connectivity index (χ2n) is 9.74. The number of fused-ring (bicyclic) bond motifs is 7. The number of aliphatic hydroxyl groups is 1. The third-order valence-corrected chi connectivity index (χ3v) is 8.29. The van der Waals surface area contributed by atoms with Crippen LogP contribution in [0.25, 0.3) is 53.2 Å². The molecule has 0 aliphatic heterocycles. The highest BCUT2D eigenvalue weighted by molar-refractivity contribution is 7.26. The Hall–Kier alpha value is -2.66. The van der Waals surface area contributed by atoms with Gasteiger partial charge in [0.2, 0.25) is 0 Å². The Morgan fingerprint density at radius 1 is 0.750 bits per heavy atom. The number of rotatable bonds is 4. The summed E-state index contributed by atoms with van der Waals surface area (Å²) in [6.07, 6.45) is 0. The topological polar surface area (TPSA) is 29.5 Å². The number of benzene rings is 4. The first-order chi connectivity index (χ1) is 15.2. The zero-order valence-corrected chi connectivity index (χ0v) is 19.5. The van der Waals surface area contributed by atoms with E-state index in [-0.39, 0.29) is 0 Å². The molecule has 1 radical (unpaired) electrons. The number of hydrogen-bond donors (Lipinski definition) is 1. The molecule has 0 fully saturated rings. The van der Waals surface area contributed by atoms with Crippen molar-refractivity contribution in [3.8, 4) is 22.3 Å². The molecule has 0 amide bonds. The van der Waals surface area contributed by atoms with Gasteiger partial charge in [-0.1, -0.05) is 60.1 Å². The second kappa shape index (κ2) is 6.68. The third-order valence-electron chi connectivity index (χ3n) is 7.09. The third kappa shape index (κ3) is 2.80. The van der Waals surface area contributed by atoms with Gasteiger partial charge in [0.25, 0.3) is 0 Å². The van der Waals surface area contributed by atoms with E-state index < -0.39 is 11.2 Å². The Bertz CT molecular complexity index is 1540. The van der Waals surface area contributed by atoms with E-state index >= 15 is 0 Å². The van der Waals surface area contributed by atoms with Gasteiger partial charge in [0, 0.05) is 25.6 Å². The smallest absolute Gasteiger partial charge is 0.330 e. The Kier molecular flexibility index (Phi) is 4.17. The molecule has 2 nitrogen and oxygen atoms in total. The largest absolute Gasteiger partial charge is 0.427 e.